The molecule has 0 amide bonds. The summed E-state index contributed by atoms with van der Waals surface area (Å²) in [5.74, 6) is 1.98. The van der Waals surface area contributed by atoms with Gasteiger partial charge in [0.1, 0.15) is 12.2 Å². The van der Waals surface area contributed by atoms with Gasteiger partial charge in [-0.05, 0) is 93.1 Å². The highest BCUT2D eigenvalue weighted by atomic mass is 16.5. The van der Waals surface area contributed by atoms with Gasteiger partial charge in [-0.1, -0.05) is 51.0 Å². The lowest BCUT2D eigenvalue weighted by atomic mass is 9.60. The smallest absolute Gasteiger partial charge is 0.114 e. The van der Waals surface area contributed by atoms with Gasteiger partial charge in [0, 0.05) is 19.6 Å². The van der Waals surface area contributed by atoms with Gasteiger partial charge < -0.3 is 25.2 Å². The molecule has 6 unspecified atom stereocenters. The van der Waals surface area contributed by atoms with E-state index in [1.54, 1.807) is 0 Å². The lowest BCUT2D eigenvalue weighted by Crippen LogP contribution is -2.45. The number of aliphatic hydroxyl groups excluding tert-OH is 3. The molecule has 3 aliphatic rings. The van der Waals surface area contributed by atoms with Crippen molar-refractivity contribution in [3.63, 3.8) is 0 Å². The van der Waals surface area contributed by atoms with Gasteiger partial charge in [-0.25, -0.2) is 0 Å². The Morgan fingerprint density at radius 3 is 2.63 bits per heavy atom. The highest BCUT2D eigenvalue weighted by Crippen LogP contribution is 2.60. The van der Waals surface area contributed by atoms with E-state index in [-0.39, 0.29) is 6.61 Å². The van der Waals surface area contributed by atoms with Crippen molar-refractivity contribution >= 4 is 0 Å². The molecule has 0 heterocycles. The molecule has 35 heavy (non-hydrogen) atoms. The first-order chi connectivity index (χ1) is 16.5. The summed E-state index contributed by atoms with van der Waals surface area (Å²) < 4.78 is 5.63. The van der Waals surface area contributed by atoms with E-state index in [1.165, 1.54) is 37.7 Å². The molecular weight excluding hydrogens is 440 g/mol. The summed E-state index contributed by atoms with van der Waals surface area (Å²) in [6, 6.07) is 0. The zero-order chi connectivity index (χ0) is 25.8. The van der Waals surface area contributed by atoms with Gasteiger partial charge in [0.15, 0.2) is 0 Å². The van der Waals surface area contributed by atoms with Crippen molar-refractivity contribution in [1.82, 2.24) is 0 Å². The Bertz CT molecular complexity index is 778. The van der Waals surface area contributed by atoms with Crippen LogP contribution in [0.2, 0.25) is 0 Å². The second-order valence-electron chi connectivity index (χ2n) is 12.4. The largest absolute Gasteiger partial charge is 0.396 e. The summed E-state index contributed by atoms with van der Waals surface area (Å²) >= 11 is 0. The number of hydrogen-bond acceptors (Lipinski definition) is 5. The van der Waals surface area contributed by atoms with Crippen LogP contribution in [0.3, 0.4) is 0 Å². The molecular formula is C30H50O5. The van der Waals surface area contributed by atoms with Crippen molar-refractivity contribution in [3.05, 3.63) is 35.5 Å². The van der Waals surface area contributed by atoms with Crippen LogP contribution >= 0.6 is 0 Å². The first-order valence-electron chi connectivity index (χ1n) is 13.9. The predicted octanol–water partition coefficient (Wildman–Crippen LogP) is 5.08. The van der Waals surface area contributed by atoms with Crippen LogP contribution in [0.1, 0.15) is 91.9 Å². The summed E-state index contributed by atoms with van der Waals surface area (Å²) in [7, 11) is 0. The zero-order valence-electron chi connectivity index (χ0n) is 22.5. The zero-order valence-corrected chi connectivity index (χ0v) is 22.5. The molecule has 0 aliphatic heterocycles. The molecule has 4 N–H and O–H groups in total. The van der Waals surface area contributed by atoms with E-state index < -0.39 is 23.9 Å². The second kappa shape index (κ2) is 12.0. The van der Waals surface area contributed by atoms with E-state index >= 15 is 0 Å². The SMILES string of the molecule is C=C1C(=CC=C2CCC[C@@]3(C)C2CCC3C(C)CCCC(C)(C)O)CC(O)C(OCCCO)C1O. The Hall–Kier alpha value is -0.980. The molecule has 0 aromatic heterocycles. The van der Waals surface area contributed by atoms with Crippen LogP contribution in [0, 0.1) is 23.2 Å². The van der Waals surface area contributed by atoms with E-state index in [1.807, 2.05) is 13.8 Å². The fourth-order valence-corrected chi connectivity index (χ4v) is 7.21. The van der Waals surface area contributed by atoms with Crippen molar-refractivity contribution < 1.29 is 25.2 Å². The molecule has 3 fully saturated rings. The number of allylic oxidation sites excluding steroid dienone is 3. The van der Waals surface area contributed by atoms with Crippen LogP contribution in [0.15, 0.2) is 35.5 Å². The maximum absolute atomic E-state index is 10.7. The summed E-state index contributed by atoms with van der Waals surface area (Å²) in [5.41, 5.74) is 2.79. The molecule has 3 saturated carbocycles. The normalized spacial score (nSPS) is 37.1. The molecule has 5 heteroatoms. The van der Waals surface area contributed by atoms with Gasteiger partial charge >= 0.3 is 0 Å². The maximum Gasteiger partial charge on any atom is 0.114 e. The summed E-state index contributed by atoms with van der Waals surface area (Å²) in [6.45, 7) is 13.2. The number of aliphatic hydroxyl groups is 4. The standard InChI is InChI=1S/C30H50O5/c1-20(9-6-15-29(3,4)34)24-13-14-25-22(10-7-16-30(24,25)5)11-12-23-19-26(32)28(27(33)21(23)2)35-18-8-17-31/h11-12,20,24-28,31-34H,2,6-10,13-19H2,1,3-5H3/t20?,24?,25?,26?,27?,28?,30-/m1/s1. The molecule has 3 rings (SSSR count). The monoisotopic (exact) mass is 490 g/mol. The van der Waals surface area contributed by atoms with Gasteiger partial charge in [-0.3, -0.25) is 0 Å². The van der Waals surface area contributed by atoms with E-state index in [9.17, 15) is 15.3 Å². The molecule has 0 aromatic rings. The quantitative estimate of drug-likeness (QED) is 0.321. The minimum Gasteiger partial charge on any atom is -0.396 e. The average Bonchev–Trinajstić information content (AvgIpc) is 3.14. The maximum atomic E-state index is 10.7. The van der Waals surface area contributed by atoms with E-state index in [4.69, 9.17) is 9.84 Å². The Labute approximate surface area is 213 Å². The van der Waals surface area contributed by atoms with Crippen LogP contribution in [0.4, 0.5) is 0 Å². The molecule has 5 nitrogen and oxygen atoms in total. The number of rotatable bonds is 10. The van der Waals surface area contributed by atoms with Crippen LogP contribution in [0.5, 0.6) is 0 Å². The minimum absolute atomic E-state index is 0.0269. The first-order valence-corrected chi connectivity index (χ1v) is 13.9. The third kappa shape index (κ3) is 6.87. The Morgan fingerprint density at radius 2 is 1.94 bits per heavy atom. The molecule has 7 atom stereocenters. The number of fused-ring (bicyclic) bond motifs is 1. The van der Waals surface area contributed by atoms with Crippen molar-refractivity contribution in [2.45, 2.75) is 116 Å². The lowest BCUT2D eigenvalue weighted by molar-refractivity contribution is -0.0968. The molecule has 0 radical (unpaired) electrons. The topological polar surface area (TPSA) is 90.2 Å². The van der Waals surface area contributed by atoms with Crippen LogP contribution in [-0.4, -0.2) is 57.6 Å². The fourth-order valence-electron chi connectivity index (χ4n) is 7.21. The Morgan fingerprint density at radius 1 is 1.20 bits per heavy atom. The summed E-state index contributed by atoms with van der Waals surface area (Å²) in [6.07, 6.45) is 12.1. The predicted molar refractivity (Wildman–Crippen MR) is 141 cm³/mol. The highest BCUT2D eigenvalue weighted by Gasteiger charge is 2.50. The average molecular weight is 491 g/mol. The fraction of sp³-hybridized carbons (Fsp3) is 0.800. The summed E-state index contributed by atoms with van der Waals surface area (Å²) in [5, 5.41) is 40.4. The van der Waals surface area contributed by atoms with E-state index in [2.05, 4.69) is 32.6 Å². The second-order valence-corrected chi connectivity index (χ2v) is 12.4. The highest BCUT2D eigenvalue weighted by molar-refractivity contribution is 5.40. The van der Waals surface area contributed by atoms with Crippen LogP contribution in [-0.2, 0) is 4.74 Å². The Kier molecular flexibility index (Phi) is 9.84. The molecule has 0 saturated heterocycles. The molecule has 0 aromatic carbocycles. The van der Waals surface area contributed by atoms with Crippen molar-refractivity contribution in [3.8, 4) is 0 Å². The Balaban J connectivity index is 1.67. The summed E-state index contributed by atoms with van der Waals surface area (Å²) in [4.78, 5) is 0. The number of ether oxygens (including phenoxy) is 1. The van der Waals surface area contributed by atoms with Gasteiger partial charge in [0.25, 0.3) is 0 Å². The van der Waals surface area contributed by atoms with Crippen molar-refractivity contribution in [2.75, 3.05) is 13.2 Å². The van der Waals surface area contributed by atoms with Crippen molar-refractivity contribution in [1.29, 1.82) is 0 Å². The minimum atomic E-state index is -0.931. The molecule has 200 valence electrons. The third-order valence-corrected chi connectivity index (χ3v) is 9.17. The van der Waals surface area contributed by atoms with Gasteiger partial charge in [0.2, 0.25) is 0 Å². The van der Waals surface area contributed by atoms with Crippen LogP contribution in [0.25, 0.3) is 0 Å². The van der Waals surface area contributed by atoms with Gasteiger partial charge in [-0.2, -0.15) is 0 Å². The number of hydrogen-bond donors (Lipinski definition) is 4. The molecule has 0 spiro atoms. The third-order valence-electron chi connectivity index (χ3n) is 9.17. The van der Waals surface area contributed by atoms with Crippen LogP contribution < -0.4 is 0 Å². The lowest BCUT2D eigenvalue weighted by Gasteiger charge is -2.44. The molecule has 0 bridgehead atoms. The first kappa shape index (κ1) is 28.6. The van der Waals surface area contributed by atoms with E-state index in [0.29, 0.717) is 42.3 Å². The van der Waals surface area contributed by atoms with E-state index in [0.717, 1.165) is 30.8 Å². The van der Waals surface area contributed by atoms with Crippen molar-refractivity contribution in [2.24, 2.45) is 23.2 Å². The van der Waals surface area contributed by atoms with Gasteiger partial charge in [-0.15, -0.1) is 0 Å². The van der Waals surface area contributed by atoms with Gasteiger partial charge in [0.05, 0.1) is 11.7 Å². The molecule has 3 aliphatic carbocycles.